The van der Waals surface area contributed by atoms with Crippen LogP contribution >= 0.6 is 0 Å². The fourth-order valence-corrected chi connectivity index (χ4v) is 4.30. The average Bonchev–Trinajstić information content (AvgIpc) is 3.47. The second-order valence-electron chi connectivity index (χ2n) is 7.84. The Morgan fingerprint density at radius 2 is 1.87 bits per heavy atom. The number of hydrogen-bond donors (Lipinski definition) is 1. The summed E-state index contributed by atoms with van der Waals surface area (Å²) in [7, 11) is 0. The first-order valence-corrected chi connectivity index (χ1v) is 10.2. The number of hydrogen-bond acceptors (Lipinski definition) is 5. The lowest BCUT2D eigenvalue weighted by atomic mass is 9.98. The van der Waals surface area contributed by atoms with Crippen LogP contribution in [0.25, 0.3) is 0 Å². The summed E-state index contributed by atoms with van der Waals surface area (Å²) in [5.41, 5.74) is 4.75. The lowest BCUT2D eigenvalue weighted by Crippen LogP contribution is -2.40. The third-order valence-corrected chi connectivity index (χ3v) is 6.06. The highest BCUT2D eigenvalue weighted by atomic mass is 16.2. The molecule has 9 heteroatoms. The Morgan fingerprint density at radius 3 is 2.67 bits per heavy atom. The molecule has 0 spiro atoms. The lowest BCUT2D eigenvalue weighted by molar-refractivity contribution is -0.135. The van der Waals surface area contributed by atoms with Crippen molar-refractivity contribution < 1.29 is 9.59 Å². The minimum atomic E-state index is -0.425. The van der Waals surface area contributed by atoms with Crippen LogP contribution in [0.15, 0.2) is 36.9 Å². The number of amides is 2. The predicted molar refractivity (Wildman–Crippen MR) is 107 cm³/mol. The van der Waals surface area contributed by atoms with Gasteiger partial charge in [-0.3, -0.25) is 14.7 Å². The summed E-state index contributed by atoms with van der Waals surface area (Å²) in [4.78, 5) is 33.6. The van der Waals surface area contributed by atoms with E-state index in [2.05, 4.69) is 32.4 Å². The van der Waals surface area contributed by atoms with Crippen molar-refractivity contribution >= 4 is 11.8 Å². The summed E-state index contributed by atoms with van der Waals surface area (Å²) in [6.45, 7) is 4.07. The molecular weight excluding hydrogens is 382 g/mol. The molecule has 3 aromatic rings. The first kappa shape index (κ1) is 18.5. The second-order valence-corrected chi connectivity index (χ2v) is 7.84. The van der Waals surface area contributed by atoms with E-state index in [0.717, 1.165) is 17.7 Å². The van der Waals surface area contributed by atoms with Gasteiger partial charge in [-0.25, -0.2) is 9.67 Å². The molecule has 1 aromatic carbocycles. The van der Waals surface area contributed by atoms with Gasteiger partial charge in [0.25, 0.3) is 5.91 Å². The topological polar surface area (TPSA) is 100 Å². The molecular formula is C21H23N7O2. The highest BCUT2D eigenvalue weighted by molar-refractivity contribution is 5.94. The van der Waals surface area contributed by atoms with E-state index in [4.69, 9.17) is 0 Å². The molecule has 9 nitrogen and oxygen atoms in total. The highest BCUT2D eigenvalue weighted by Gasteiger charge is 2.32. The zero-order valence-electron chi connectivity index (χ0n) is 16.8. The fraction of sp³-hybridized carbons (Fsp3) is 0.381. The smallest absolute Gasteiger partial charge is 0.274 e. The van der Waals surface area contributed by atoms with E-state index in [-0.39, 0.29) is 11.8 Å². The second kappa shape index (κ2) is 7.40. The lowest BCUT2D eigenvalue weighted by Gasteiger charge is -2.30. The van der Waals surface area contributed by atoms with E-state index in [0.29, 0.717) is 38.3 Å². The normalized spacial score (nSPS) is 16.7. The molecule has 0 saturated heterocycles. The maximum atomic E-state index is 13.2. The quantitative estimate of drug-likeness (QED) is 0.709. The van der Waals surface area contributed by atoms with Crippen LogP contribution in [0, 0.1) is 0 Å². The maximum Gasteiger partial charge on any atom is 0.274 e. The van der Waals surface area contributed by atoms with Crippen LogP contribution in [0.4, 0.5) is 0 Å². The summed E-state index contributed by atoms with van der Waals surface area (Å²) >= 11 is 0. The zero-order chi connectivity index (χ0) is 20.7. The molecule has 154 valence electrons. The number of carbonyl (C=O) groups is 2. The van der Waals surface area contributed by atoms with Gasteiger partial charge < -0.3 is 9.80 Å². The van der Waals surface area contributed by atoms with Gasteiger partial charge in [-0.1, -0.05) is 24.3 Å². The van der Waals surface area contributed by atoms with Crippen LogP contribution in [0.1, 0.15) is 45.8 Å². The van der Waals surface area contributed by atoms with Gasteiger partial charge >= 0.3 is 0 Å². The first-order chi connectivity index (χ1) is 14.6. The Kier molecular flexibility index (Phi) is 4.57. The summed E-state index contributed by atoms with van der Waals surface area (Å²) in [6, 6.07) is 7.83. The van der Waals surface area contributed by atoms with Gasteiger partial charge in [-0.05, 0) is 30.9 Å². The number of aromatic nitrogens is 5. The number of aromatic amines is 1. The van der Waals surface area contributed by atoms with Crippen LogP contribution in [0.3, 0.4) is 0 Å². The Hall–Kier alpha value is -3.49. The minimum Gasteiger partial charge on any atom is -0.335 e. The molecule has 0 saturated carbocycles. The van der Waals surface area contributed by atoms with Crippen molar-refractivity contribution in [3.8, 4) is 0 Å². The van der Waals surface area contributed by atoms with E-state index >= 15 is 0 Å². The largest absolute Gasteiger partial charge is 0.335 e. The fourth-order valence-electron chi connectivity index (χ4n) is 4.30. The number of nitrogens with one attached hydrogen (secondary N) is 1. The predicted octanol–water partition coefficient (Wildman–Crippen LogP) is 1.35. The zero-order valence-corrected chi connectivity index (χ0v) is 16.8. The first-order valence-electron chi connectivity index (χ1n) is 10.2. The molecule has 1 N–H and O–H groups in total. The molecule has 2 aliphatic heterocycles. The van der Waals surface area contributed by atoms with Gasteiger partial charge in [-0.15, -0.1) is 0 Å². The number of H-pyrrole nitrogens is 1. The highest BCUT2D eigenvalue weighted by Crippen LogP contribution is 2.25. The van der Waals surface area contributed by atoms with E-state index in [1.54, 1.807) is 15.9 Å². The van der Waals surface area contributed by atoms with Crippen LogP contribution in [-0.4, -0.2) is 59.7 Å². The van der Waals surface area contributed by atoms with Crippen LogP contribution in [0.5, 0.6) is 0 Å². The van der Waals surface area contributed by atoms with E-state index < -0.39 is 6.04 Å². The molecule has 30 heavy (non-hydrogen) atoms. The SMILES string of the molecule is CC(C(=O)N1CCc2c(C(=O)N3CCc4ccccc4C3)n[nH]c2C1)n1cncn1. The molecule has 0 bridgehead atoms. The third-order valence-electron chi connectivity index (χ3n) is 6.06. The molecule has 0 fully saturated rings. The molecule has 0 radical (unpaired) electrons. The van der Waals surface area contributed by atoms with Crippen molar-refractivity contribution in [2.45, 2.75) is 38.9 Å². The van der Waals surface area contributed by atoms with Gasteiger partial charge in [-0.2, -0.15) is 10.2 Å². The van der Waals surface area contributed by atoms with Crippen molar-refractivity contribution in [2.24, 2.45) is 0 Å². The maximum absolute atomic E-state index is 13.2. The molecule has 1 unspecified atom stereocenters. The summed E-state index contributed by atoms with van der Waals surface area (Å²) < 4.78 is 1.55. The Morgan fingerprint density at radius 1 is 1.07 bits per heavy atom. The number of nitrogens with zero attached hydrogens (tertiary/aromatic N) is 6. The molecule has 2 aliphatic rings. The van der Waals surface area contributed by atoms with Crippen molar-refractivity contribution in [2.75, 3.05) is 13.1 Å². The van der Waals surface area contributed by atoms with Gasteiger partial charge in [0.1, 0.15) is 18.7 Å². The van der Waals surface area contributed by atoms with Crippen molar-refractivity contribution in [3.05, 3.63) is 65.0 Å². The van der Waals surface area contributed by atoms with Crippen LogP contribution < -0.4 is 0 Å². The van der Waals surface area contributed by atoms with E-state index in [9.17, 15) is 9.59 Å². The van der Waals surface area contributed by atoms with E-state index in [1.165, 1.54) is 17.5 Å². The summed E-state index contributed by atoms with van der Waals surface area (Å²) in [5, 5.41) is 11.4. The Bertz CT molecular complexity index is 1090. The van der Waals surface area contributed by atoms with Gasteiger partial charge in [0.15, 0.2) is 5.69 Å². The molecule has 2 aromatic heterocycles. The van der Waals surface area contributed by atoms with Gasteiger partial charge in [0.05, 0.1) is 12.2 Å². The van der Waals surface area contributed by atoms with Gasteiger partial charge in [0, 0.05) is 25.2 Å². The Labute approximate surface area is 173 Å². The Balaban J connectivity index is 1.31. The number of carbonyl (C=O) groups excluding carboxylic acids is 2. The van der Waals surface area contributed by atoms with E-state index in [1.807, 2.05) is 24.0 Å². The molecule has 5 rings (SSSR count). The molecule has 4 heterocycles. The molecule has 1 atom stereocenters. The number of rotatable bonds is 3. The average molecular weight is 405 g/mol. The molecule has 0 aliphatic carbocycles. The number of fused-ring (bicyclic) bond motifs is 2. The van der Waals surface area contributed by atoms with Crippen molar-refractivity contribution in [1.82, 2.24) is 34.8 Å². The summed E-state index contributed by atoms with van der Waals surface area (Å²) in [6.07, 6.45) is 4.43. The monoisotopic (exact) mass is 405 g/mol. The number of benzene rings is 1. The standard InChI is InChI=1S/C21H23N7O2/c1-14(28-13-22-12-23-28)20(29)27-9-7-17-18(11-27)24-25-19(17)21(30)26-8-6-15-4-2-3-5-16(15)10-26/h2-5,12-14H,6-11H2,1H3,(H,24,25). The van der Waals surface area contributed by atoms with Crippen molar-refractivity contribution in [3.63, 3.8) is 0 Å². The van der Waals surface area contributed by atoms with Crippen LogP contribution in [0.2, 0.25) is 0 Å². The van der Waals surface area contributed by atoms with Gasteiger partial charge in [0.2, 0.25) is 5.91 Å². The van der Waals surface area contributed by atoms with Crippen LogP contribution in [-0.2, 0) is 30.7 Å². The minimum absolute atomic E-state index is 0.0266. The summed E-state index contributed by atoms with van der Waals surface area (Å²) in [5.74, 6) is -0.0703. The van der Waals surface area contributed by atoms with Crippen molar-refractivity contribution in [1.29, 1.82) is 0 Å². The molecule has 2 amide bonds. The third kappa shape index (κ3) is 3.16.